The average molecular weight is 341 g/mol. The van der Waals surface area contributed by atoms with Crippen LogP contribution >= 0.6 is 11.3 Å². The number of thiazole rings is 1. The van der Waals surface area contributed by atoms with E-state index in [4.69, 9.17) is 4.98 Å². The Morgan fingerprint density at radius 1 is 1.33 bits per heavy atom. The van der Waals surface area contributed by atoms with E-state index in [2.05, 4.69) is 25.8 Å². The summed E-state index contributed by atoms with van der Waals surface area (Å²) in [5.41, 5.74) is 2.61. The molecule has 6 heteroatoms. The Balaban J connectivity index is 1.60. The molecule has 4 rings (SSSR count). The lowest BCUT2D eigenvalue weighted by Gasteiger charge is -2.34. The van der Waals surface area contributed by atoms with E-state index >= 15 is 0 Å². The van der Waals surface area contributed by atoms with Crippen LogP contribution in [-0.2, 0) is 5.41 Å². The second kappa shape index (κ2) is 4.96. The van der Waals surface area contributed by atoms with Crippen LogP contribution in [0.2, 0.25) is 0 Å². The summed E-state index contributed by atoms with van der Waals surface area (Å²) in [5, 5.41) is 11.5. The standard InChI is InChI=1S/C18H19N3O2S/c1-17(2)13-8-9-18(17,3)15-14(13)24-16(20-15)19-10-11-4-6-12(7-5-11)21(22)23/h4-7,10,13H,8-9H2,1-3H3. The van der Waals surface area contributed by atoms with Crippen molar-refractivity contribution in [1.82, 2.24) is 4.98 Å². The van der Waals surface area contributed by atoms with Gasteiger partial charge in [-0.05, 0) is 36.0 Å². The van der Waals surface area contributed by atoms with E-state index < -0.39 is 4.92 Å². The van der Waals surface area contributed by atoms with Crippen molar-refractivity contribution in [2.75, 3.05) is 0 Å². The fourth-order valence-electron chi connectivity index (χ4n) is 4.20. The van der Waals surface area contributed by atoms with Crippen LogP contribution in [0.3, 0.4) is 0 Å². The maximum absolute atomic E-state index is 10.7. The van der Waals surface area contributed by atoms with Gasteiger partial charge >= 0.3 is 0 Å². The Bertz CT molecular complexity index is 854. The summed E-state index contributed by atoms with van der Waals surface area (Å²) < 4.78 is 0. The average Bonchev–Trinajstić information content (AvgIpc) is 3.11. The van der Waals surface area contributed by atoms with E-state index in [0.29, 0.717) is 5.92 Å². The van der Waals surface area contributed by atoms with Crippen LogP contribution in [0.5, 0.6) is 0 Å². The first kappa shape index (κ1) is 15.4. The first-order valence-electron chi connectivity index (χ1n) is 8.13. The van der Waals surface area contributed by atoms with Gasteiger partial charge in [-0.3, -0.25) is 10.1 Å². The Morgan fingerprint density at radius 2 is 2.04 bits per heavy atom. The fourth-order valence-corrected chi connectivity index (χ4v) is 5.56. The molecule has 0 aliphatic heterocycles. The van der Waals surface area contributed by atoms with E-state index in [-0.39, 0.29) is 16.5 Å². The quantitative estimate of drug-likeness (QED) is 0.449. The highest BCUT2D eigenvalue weighted by Crippen LogP contribution is 2.69. The number of hydrogen-bond donors (Lipinski definition) is 0. The smallest absolute Gasteiger partial charge is 0.258 e. The molecular formula is C18H19N3O2S. The summed E-state index contributed by atoms with van der Waals surface area (Å²) in [6, 6.07) is 6.40. The summed E-state index contributed by atoms with van der Waals surface area (Å²) in [4.78, 5) is 21.0. The van der Waals surface area contributed by atoms with Crippen LogP contribution in [0, 0.1) is 15.5 Å². The van der Waals surface area contributed by atoms with Crippen LogP contribution in [-0.4, -0.2) is 16.1 Å². The van der Waals surface area contributed by atoms with Gasteiger partial charge in [0.1, 0.15) is 0 Å². The number of fused-ring (bicyclic) bond motifs is 5. The number of nitro benzene ring substituents is 1. The number of nitrogens with zero attached hydrogens (tertiary/aromatic N) is 3. The van der Waals surface area contributed by atoms with Crippen molar-refractivity contribution in [3.8, 4) is 0 Å². The number of aliphatic imine (C=N–C) groups is 1. The van der Waals surface area contributed by atoms with Crippen molar-refractivity contribution in [1.29, 1.82) is 0 Å². The molecule has 2 unspecified atom stereocenters. The molecule has 2 aliphatic rings. The lowest BCUT2D eigenvalue weighted by atomic mass is 9.70. The van der Waals surface area contributed by atoms with E-state index in [1.807, 2.05) is 0 Å². The number of aromatic nitrogens is 1. The Hall–Kier alpha value is -2.08. The number of hydrogen-bond acceptors (Lipinski definition) is 5. The predicted octanol–water partition coefficient (Wildman–Crippen LogP) is 4.98. The molecule has 2 bridgehead atoms. The van der Waals surface area contributed by atoms with Crippen molar-refractivity contribution >= 4 is 28.4 Å². The van der Waals surface area contributed by atoms with Gasteiger partial charge in [-0.2, -0.15) is 0 Å². The van der Waals surface area contributed by atoms with Gasteiger partial charge in [-0.1, -0.05) is 32.1 Å². The molecule has 2 aromatic rings. The van der Waals surface area contributed by atoms with E-state index in [9.17, 15) is 10.1 Å². The second-order valence-corrected chi connectivity index (χ2v) is 8.47. The molecule has 1 heterocycles. The zero-order valence-electron chi connectivity index (χ0n) is 13.9. The van der Waals surface area contributed by atoms with E-state index in [0.717, 1.165) is 10.7 Å². The minimum atomic E-state index is -0.398. The van der Waals surface area contributed by atoms with Crippen LogP contribution in [0.15, 0.2) is 29.3 Å². The van der Waals surface area contributed by atoms with Crippen molar-refractivity contribution < 1.29 is 4.92 Å². The zero-order valence-corrected chi connectivity index (χ0v) is 14.8. The molecule has 1 aromatic heterocycles. The summed E-state index contributed by atoms with van der Waals surface area (Å²) >= 11 is 1.70. The number of benzene rings is 1. The first-order valence-corrected chi connectivity index (χ1v) is 8.94. The van der Waals surface area contributed by atoms with Crippen LogP contribution in [0.4, 0.5) is 10.8 Å². The third kappa shape index (κ3) is 1.99. The van der Waals surface area contributed by atoms with Gasteiger partial charge in [0.05, 0.1) is 10.6 Å². The zero-order chi connectivity index (χ0) is 17.1. The summed E-state index contributed by atoms with van der Waals surface area (Å²) in [6.07, 6.45) is 4.17. The van der Waals surface area contributed by atoms with Crippen LogP contribution in [0.25, 0.3) is 0 Å². The molecule has 2 aliphatic carbocycles. The third-order valence-electron chi connectivity index (χ3n) is 6.14. The molecular weight excluding hydrogens is 322 g/mol. The van der Waals surface area contributed by atoms with Crippen LogP contribution in [0.1, 0.15) is 55.7 Å². The van der Waals surface area contributed by atoms with Gasteiger partial charge in [-0.25, -0.2) is 9.98 Å². The molecule has 1 saturated carbocycles. The van der Waals surface area contributed by atoms with Gasteiger partial charge in [0.25, 0.3) is 5.69 Å². The maximum atomic E-state index is 10.7. The molecule has 0 spiro atoms. The second-order valence-electron chi connectivity index (χ2n) is 7.46. The Labute approximate surface area is 144 Å². The third-order valence-corrected chi connectivity index (χ3v) is 7.21. The minimum Gasteiger partial charge on any atom is -0.258 e. The fraction of sp³-hybridized carbons (Fsp3) is 0.444. The largest absolute Gasteiger partial charge is 0.269 e. The Morgan fingerprint density at radius 3 is 2.67 bits per heavy atom. The molecule has 1 fully saturated rings. The first-order chi connectivity index (χ1) is 11.3. The highest BCUT2D eigenvalue weighted by molar-refractivity contribution is 7.15. The number of non-ortho nitro benzene ring substituents is 1. The molecule has 1 aromatic carbocycles. The van der Waals surface area contributed by atoms with Gasteiger partial charge < -0.3 is 0 Å². The van der Waals surface area contributed by atoms with Crippen molar-refractivity contribution in [3.05, 3.63) is 50.5 Å². The highest BCUT2D eigenvalue weighted by Gasteiger charge is 2.61. The number of rotatable bonds is 3. The molecule has 5 nitrogen and oxygen atoms in total. The van der Waals surface area contributed by atoms with Crippen molar-refractivity contribution in [2.45, 2.75) is 44.9 Å². The van der Waals surface area contributed by atoms with E-state index in [1.54, 1.807) is 29.7 Å². The van der Waals surface area contributed by atoms with E-state index in [1.165, 1.54) is 35.5 Å². The monoisotopic (exact) mass is 341 g/mol. The van der Waals surface area contributed by atoms with Crippen molar-refractivity contribution in [3.63, 3.8) is 0 Å². The number of nitro groups is 1. The SMILES string of the molecule is CC12CCC(c3sc(N=Cc4ccc([N+](=O)[O-])cc4)nc31)C2(C)C. The molecule has 0 radical (unpaired) electrons. The Kier molecular flexibility index (Phi) is 3.19. The van der Waals surface area contributed by atoms with Gasteiger partial charge in [0, 0.05) is 34.6 Å². The van der Waals surface area contributed by atoms with Gasteiger partial charge in [-0.15, -0.1) is 0 Å². The molecule has 2 atom stereocenters. The molecule has 124 valence electrons. The minimum absolute atomic E-state index is 0.0899. The topological polar surface area (TPSA) is 68.4 Å². The van der Waals surface area contributed by atoms with Crippen molar-refractivity contribution in [2.24, 2.45) is 10.4 Å². The summed E-state index contributed by atoms with van der Waals surface area (Å²) in [5.74, 6) is 0.596. The normalized spacial score (nSPS) is 26.9. The maximum Gasteiger partial charge on any atom is 0.269 e. The molecule has 0 N–H and O–H groups in total. The van der Waals surface area contributed by atoms with Gasteiger partial charge in [0.2, 0.25) is 5.13 Å². The summed E-state index contributed by atoms with van der Waals surface area (Å²) in [6.45, 7) is 7.06. The lowest BCUT2D eigenvalue weighted by Crippen LogP contribution is -2.31. The summed E-state index contributed by atoms with van der Waals surface area (Å²) in [7, 11) is 0. The predicted molar refractivity (Wildman–Crippen MR) is 95.6 cm³/mol. The molecule has 24 heavy (non-hydrogen) atoms. The highest BCUT2D eigenvalue weighted by atomic mass is 32.1. The van der Waals surface area contributed by atoms with Crippen LogP contribution < -0.4 is 0 Å². The van der Waals surface area contributed by atoms with Gasteiger partial charge in [0.15, 0.2) is 0 Å². The molecule has 0 amide bonds. The molecule has 0 saturated heterocycles. The lowest BCUT2D eigenvalue weighted by molar-refractivity contribution is -0.384.